The molecule has 2 fully saturated rings. The van der Waals surface area contributed by atoms with Crippen molar-refractivity contribution >= 4 is 5.91 Å². The maximum absolute atomic E-state index is 12.8. The van der Waals surface area contributed by atoms with Crippen LogP contribution in [0.2, 0.25) is 0 Å². The van der Waals surface area contributed by atoms with Crippen LogP contribution in [0.25, 0.3) is 0 Å². The van der Waals surface area contributed by atoms with Gasteiger partial charge in [0, 0.05) is 7.11 Å². The van der Waals surface area contributed by atoms with Crippen molar-refractivity contribution in [1.82, 2.24) is 10.2 Å². The zero-order valence-electron chi connectivity index (χ0n) is 13.4. The van der Waals surface area contributed by atoms with Gasteiger partial charge >= 0.3 is 0 Å². The van der Waals surface area contributed by atoms with Crippen LogP contribution >= 0.6 is 0 Å². The highest BCUT2D eigenvalue weighted by Crippen LogP contribution is 2.34. The third-order valence-corrected chi connectivity index (χ3v) is 4.91. The Hall–Kier alpha value is -0.610. The second-order valence-electron chi connectivity index (χ2n) is 6.64. The van der Waals surface area contributed by atoms with E-state index in [4.69, 9.17) is 4.74 Å². The van der Waals surface area contributed by atoms with Crippen molar-refractivity contribution in [3.8, 4) is 0 Å². The van der Waals surface area contributed by atoms with Gasteiger partial charge in [-0.1, -0.05) is 33.6 Å². The number of nitrogens with zero attached hydrogens (tertiary/aromatic N) is 1. The molecule has 3 unspecified atom stereocenters. The molecule has 0 bridgehead atoms. The van der Waals surface area contributed by atoms with Crippen molar-refractivity contribution in [3.63, 3.8) is 0 Å². The molecule has 2 aliphatic rings. The van der Waals surface area contributed by atoms with Crippen LogP contribution in [0.5, 0.6) is 0 Å². The summed E-state index contributed by atoms with van der Waals surface area (Å²) in [6, 6.07) is 0.181. The van der Waals surface area contributed by atoms with Gasteiger partial charge in [0.25, 0.3) is 0 Å². The van der Waals surface area contributed by atoms with Crippen molar-refractivity contribution in [3.05, 3.63) is 0 Å². The Morgan fingerprint density at radius 3 is 2.50 bits per heavy atom. The zero-order valence-corrected chi connectivity index (χ0v) is 13.4. The molecule has 0 spiro atoms. The Morgan fingerprint density at radius 2 is 2.00 bits per heavy atom. The molecule has 0 aromatic carbocycles. The molecule has 0 aromatic rings. The number of carbonyl (C=O) groups is 1. The minimum absolute atomic E-state index is 0.0218. The summed E-state index contributed by atoms with van der Waals surface area (Å²) < 4.78 is 5.34. The van der Waals surface area contributed by atoms with E-state index in [1.807, 2.05) is 0 Å². The quantitative estimate of drug-likeness (QED) is 0.813. The lowest BCUT2D eigenvalue weighted by molar-refractivity contribution is -0.135. The fraction of sp³-hybridized carbons (Fsp3) is 0.938. The lowest BCUT2D eigenvalue weighted by Gasteiger charge is -2.35. The summed E-state index contributed by atoms with van der Waals surface area (Å²) in [5, 5.41) is 3.63. The van der Waals surface area contributed by atoms with Gasteiger partial charge in [0.2, 0.25) is 5.91 Å². The van der Waals surface area contributed by atoms with Gasteiger partial charge in [0.05, 0.1) is 24.9 Å². The van der Waals surface area contributed by atoms with E-state index in [2.05, 4.69) is 31.0 Å². The summed E-state index contributed by atoms with van der Waals surface area (Å²) in [6.07, 6.45) is 6.27. The predicted octanol–water partition coefficient (Wildman–Crippen LogP) is 2.38. The molecule has 1 heterocycles. The first-order valence-electron chi connectivity index (χ1n) is 8.17. The zero-order chi connectivity index (χ0) is 14.7. The molecule has 1 amide bonds. The first kappa shape index (κ1) is 15.8. The third kappa shape index (κ3) is 3.01. The molecule has 2 rings (SSSR count). The molecular weight excluding hydrogens is 252 g/mol. The summed E-state index contributed by atoms with van der Waals surface area (Å²) >= 11 is 0. The lowest BCUT2D eigenvalue weighted by atomic mass is 10.0. The summed E-state index contributed by atoms with van der Waals surface area (Å²) in [6.45, 7) is 7.04. The van der Waals surface area contributed by atoms with Crippen LogP contribution in [0.15, 0.2) is 0 Å². The Labute approximate surface area is 123 Å². The predicted molar refractivity (Wildman–Crippen MR) is 80.3 cm³/mol. The fourth-order valence-corrected chi connectivity index (χ4v) is 3.74. The molecule has 1 aliphatic heterocycles. The SMILES string of the molecule is CCC(COC)N1C(=O)C(C(C)C)NC1C1CCCC1. The summed E-state index contributed by atoms with van der Waals surface area (Å²) in [5.74, 6) is 1.24. The largest absolute Gasteiger partial charge is 0.383 e. The van der Waals surface area contributed by atoms with Crippen molar-refractivity contribution in [2.75, 3.05) is 13.7 Å². The fourth-order valence-electron chi connectivity index (χ4n) is 3.74. The monoisotopic (exact) mass is 282 g/mol. The summed E-state index contributed by atoms with van der Waals surface area (Å²) in [5.41, 5.74) is 0. The highest BCUT2D eigenvalue weighted by Gasteiger charge is 2.46. The van der Waals surface area contributed by atoms with Gasteiger partial charge < -0.3 is 9.64 Å². The van der Waals surface area contributed by atoms with Gasteiger partial charge in [0.1, 0.15) is 0 Å². The van der Waals surface area contributed by atoms with Gasteiger partial charge in [-0.15, -0.1) is 0 Å². The molecule has 4 heteroatoms. The van der Waals surface area contributed by atoms with Crippen LogP contribution < -0.4 is 5.32 Å². The van der Waals surface area contributed by atoms with E-state index in [0.29, 0.717) is 18.4 Å². The molecule has 3 atom stereocenters. The number of rotatable bonds is 6. The number of hydrogen-bond acceptors (Lipinski definition) is 3. The Balaban J connectivity index is 2.19. The topological polar surface area (TPSA) is 41.6 Å². The first-order chi connectivity index (χ1) is 9.60. The third-order valence-electron chi connectivity index (χ3n) is 4.91. The second kappa shape index (κ2) is 6.90. The van der Waals surface area contributed by atoms with Crippen molar-refractivity contribution in [2.24, 2.45) is 11.8 Å². The smallest absolute Gasteiger partial charge is 0.241 e. The minimum Gasteiger partial charge on any atom is -0.383 e. The van der Waals surface area contributed by atoms with Crippen LogP contribution in [0, 0.1) is 11.8 Å². The maximum atomic E-state index is 12.8. The molecular formula is C16H30N2O2. The Kier molecular flexibility index (Phi) is 5.44. The molecule has 1 saturated heterocycles. The number of amides is 1. The highest BCUT2D eigenvalue weighted by molar-refractivity contribution is 5.85. The van der Waals surface area contributed by atoms with E-state index in [-0.39, 0.29) is 24.2 Å². The van der Waals surface area contributed by atoms with E-state index in [9.17, 15) is 4.79 Å². The van der Waals surface area contributed by atoms with Crippen LogP contribution in [0.1, 0.15) is 52.9 Å². The molecule has 1 saturated carbocycles. The van der Waals surface area contributed by atoms with E-state index in [0.717, 1.165) is 6.42 Å². The van der Waals surface area contributed by atoms with Gasteiger partial charge in [-0.3, -0.25) is 10.1 Å². The van der Waals surface area contributed by atoms with Crippen LogP contribution in [-0.2, 0) is 9.53 Å². The standard InChI is InChI=1S/C16H30N2O2/c1-5-13(10-20-4)18-15(12-8-6-7-9-12)17-14(11(2)3)16(18)19/h11-15,17H,5-10H2,1-4H3. The minimum atomic E-state index is -0.0218. The van der Waals surface area contributed by atoms with Crippen molar-refractivity contribution in [2.45, 2.75) is 71.1 Å². The maximum Gasteiger partial charge on any atom is 0.241 e. The highest BCUT2D eigenvalue weighted by atomic mass is 16.5. The molecule has 4 nitrogen and oxygen atoms in total. The van der Waals surface area contributed by atoms with Gasteiger partial charge in [0.15, 0.2) is 0 Å². The van der Waals surface area contributed by atoms with Crippen molar-refractivity contribution < 1.29 is 9.53 Å². The van der Waals surface area contributed by atoms with Crippen molar-refractivity contribution in [1.29, 1.82) is 0 Å². The molecule has 116 valence electrons. The molecule has 0 radical (unpaired) electrons. The van der Waals surface area contributed by atoms with Crippen LogP contribution in [0.3, 0.4) is 0 Å². The number of ether oxygens (including phenoxy) is 1. The molecule has 0 aromatic heterocycles. The number of methoxy groups -OCH3 is 1. The number of hydrogen-bond donors (Lipinski definition) is 1. The Bertz CT molecular complexity index is 326. The first-order valence-corrected chi connectivity index (χ1v) is 8.17. The molecule has 1 N–H and O–H groups in total. The van der Waals surface area contributed by atoms with E-state index in [1.54, 1.807) is 7.11 Å². The molecule has 1 aliphatic carbocycles. The molecule has 20 heavy (non-hydrogen) atoms. The van der Waals surface area contributed by atoms with Gasteiger partial charge in [-0.25, -0.2) is 0 Å². The Morgan fingerprint density at radius 1 is 1.35 bits per heavy atom. The number of carbonyl (C=O) groups excluding carboxylic acids is 1. The van der Waals surface area contributed by atoms with Gasteiger partial charge in [-0.05, 0) is 31.1 Å². The average molecular weight is 282 g/mol. The summed E-state index contributed by atoms with van der Waals surface area (Å²) in [7, 11) is 1.72. The van der Waals surface area contributed by atoms with Gasteiger partial charge in [-0.2, -0.15) is 0 Å². The van der Waals surface area contributed by atoms with E-state index in [1.165, 1.54) is 25.7 Å². The lowest BCUT2D eigenvalue weighted by Crippen LogP contribution is -2.49. The second-order valence-corrected chi connectivity index (χ2v) is 6.64. The van der Waals surface area contributed by atoms with Crippen LogP contribution in [0.4, 0.5) is 0 Å². The number of nitrogens with one attached hydrogen (secondary N) is 1. The summed E-state index contributed by atoms with van der Waals surface area (Å²) in [4.78, 5) is 14.9. The van der Waals surface area contributed by atoms with E-state index >= 15 is 0 Å². The average Bonchev–Trinajstić information content (AvgIpc) is 3.03. The van der Waals surface area contributed by atoms with Crippen LogP contribution in [-0.4, -0.2) is 42.8 Å². The van der Waals surface area contributed by atoms with E-state index < -0.39 is 0 Å². The normalized spacial score (nSPS) is 29.6.